The van der Waals surface area contributed by atoms with Gasteiger partial charge in [-0.1, -0.05) is 0 Å². The lowest BCUT2D eigenvalue weighted by atomic mass is 9.97. The average Bonchev–Trinajstić information content (AvgIpc) is 2.52. The predicted octanol–water partition coefficient (Wildman–Crippen LogP) is 1.93. The Balaban J connectivity index is 2.31. The zero-order chi connectivity index (χ0) is 18.8. The lowest BCUT2D eigenvalue weighted by molar-refractivity contribution is -0.184. The maximum atomic E-state index is 13.3. The van der Waals surface area contributed by atoms with E-state index in [0.29, 0.717) is 4.90 Å². The van der Waals surface area contributed by atoms with Gasteiger partial charge in [0, 0.05) is 19.5 Å². The molecule has 2 atom stereocenters. The third kappa shape index (κ3) is 4.26. The van der Waals surface area contributed by atoms with E-state index in [-0.39, 0.29) is 42.2 Å². The van der Waals surface area contributed by atoms with E-state index >= 15 is 0 Å². The smallest absolute Gasteiger partial charge is 0.352 e. The molecule has 2 rings (SSSR count). The molecule has 1 aromatic heterocycles. The zero-order valence-corrected chi connectivity index (χ0v) is 13.7. The molecule has 0 saturated carbocycles. The summed E-state index contributed by atoms with van der Waals surface area (Å²) in [6, 6.07) is 2.01. The summed E-state index contributed by atoms with van der Waals surface area (Å²) in [6.45, 7) is 2.53. The number of nitriles is 1. The maximum Gasteiger partial charge on any atom is 0.408 e. The Morgan fingerprint density at radius 1 is 1.36 bits per heavy atom. The fourth-order valence-electron chi connectivity index (χ4n) is 2.89. The highest BCUT2D eigenvalue weighted by Gasteiger charge is 2.48. The first kappa shape index (κ1) is 18.7. The molecule has 1 aliphatic heterocycles. The summed E-state index contributed by atoms with van der Waals surface area (Å²) in [5, 5.41) is 11.4. The number of carbonyl (C=O) groups is 2. The van der Waals surface area contributed by atoms with Crippen molar-refractivity contribution >= 4 is 11.8 Å². The van der Waals surface area contributed by atoms with Crippen LogP contribution in [0.1, 0.15) is 41.5 Å². The van der Waals surface area contributed by atoms with Gasteiger partial charge in [-0.2, -0.15) is 18.4 Å². The second-order valence-electron chi connectivity index (χ2n) is 5.93. The van der Waals surface area contributed by atoms with Crippen molar-refractivity contribution in [3.8, 4) is 6.07 Å². The number of piperidine rings is 1. The van der Waals surface area contributed by atoms with Gasteiger partial charge in [-0.25, -0.2) is 4.98 Å². The highest BCUT2D eigenvalue weighted by Crippen LogP contribution is 2.32. The van der Waals surface area contributed by atoms with E-state index in [0.717, 1.165) is 0 Å². The van der Waals surface area contributed by atoms with Crippen LogP contribution in [0.25, 0.3) is 0 Å². The van der Waals surface area contributed by atoms with E-state index in [1.807, 2.05) is 6.07 Å². The van der Waals surface area contributed by atoms with E-state index in [9.17, 15) is 22.8 Å². The molecule has 25 heavy (non-hydrogen) atoms. The molecule has 134 valence electrons. The van der Waals surface area contributed by atoms with Crippen molar-refractivity contribution in [2.24, 2.45) is 0 Å². The number of hydrogen-bond acceptors (Lipinski definition) is 4. The van der Waals surface area contributed by atoms with Gasteiger partial charge in [0.05, 0.1) is 11.3 Å². The number of nitrogens with zero attached hydrogens (tertiary/aromatic N) is 3. The monoisotopic (exact) mass is 354 g/mol. The normalized spacial score (nSPS) is 20.7. The number of rotatable bonds is 2. The number of likely N-dealkylation sites (tertiary alicyclic amines) is 1. The fraction of sp³-hybridized carbons (Fsp3) is 0.500. The van der Waals surface area contributed by atoms with Crippen molar-refractivity contribution in [3.05, 3.63) is 29.1 Å². The molecule has 2 unspecified atom stereocenters. The summed E-state index contributed by atoms with van der Waals surface area (Å²) in [4.78, 5) is 28.4. The maximum absolute atomic E-state index is 13.3. The Hall–Kier alpha value is -2.63. The van der Waals surface area contributed by atoms with Gasteiger partial charge >= 0.3 is 6.18 Å². The van der Waals surface area contributed by atoms with E-state index in [1.165, 1.54) is 26.0 Å². The van der Waals surface area contributed by atoms with Gasteiger partial charge in [0.15, 0.2) is 0 Å². The second kappa shape index (κ2) is 7.09. The molecule has 6 nitrogen and oxygen atoms in total. The van der Waals surface area contributed by atoms with E-state index in [2.05, 4.69) is 10.3 Å². The van der Waals surface area contributed by atoms with Crippen LogP contribution in [0.5, 0.6) is 0 Å². The third-order valence-corrected chi connectivity index (χ3v) is 4.05. The standard InChI is InChI=1S/C16H17F3N4O2/c1-9-11(7-20)3-5-13(21-9)15(25)23-8-12(22-10(2)24)4-6-14(23)16(17,18)19/h3,5,12,14H,4,6,8H2,1-2H3,(H,22,24). The number of carbonyl (C=O) groups excluding carboxylic acids is 2. The van der Waals surface area contributed by atoms with Gasteiger partial charge in [0.25, 0.3) is 5.91 Å². The lowest BCUT2D eigenvalue weighted by Gasteiger charge is -2.40. The molecule has 1 aliphatic rings. The largest absolute Gasteiger partial charge is 0.408 e. The summed E-state index contributed by atoms with van der Waals surface area (Å²) in [5.41, 5.74) is 0.361. The summed E-state index contributed by atoms with van der Waals surface area (Å²) in [5.74, 6) is -1.24. The number of pyridine rings is 1. The van der Waals surface area contributed by atoms with E-state index < -0.39 is 24.2 Å². The molecule has 9 heteroatoms. The zero-order valence-electron chi connectivity index (χ0n) is 13.7. The van der Waals surface area contributed by atoms with Crippen LogP contribution in [0.15, 0.2) is 12.1 Å². The first-order valence-corrected chi connectivity index (χ1v) is 7.66. The number of amides is 2. The van der Waals surface area contributed by atoms with Crippen molar-refractivity contribution < 1.29 is 22.8 Å². The van der Waals surface area contributed by atoms with Crippen LogP contribution < -0.4 is 5.32 Å². The molecule has 2 heterocycles. The van der Waals surface area contributed by atoms with Crippen LogP contribution in [-0.4, -0.2) is 46.5 Å². The van der Waals surface area contributed by atoms with Crippen molar-refractivity contribution in [3.63, 3.8) is 0 Å². The second-order valence-corrected chi connectivity index (χ2v) is 5.93. The Kier molecular flexibility index (Phi) is 5.30. The molecular weight excluding hydrogens is 337 g/mol. The minimum Gasteiger partial charge on any atom is -0.352 e. The Labute approximate surface area is 142 Å². The number of halogens is 3. The number of aryl methyl sites for hydroxylation is 1. The fourth-order valence-corrected chi connectivity index (χ4v) is 2.89. The SMILES string of the molecule is CC(=O)NC1CCC(C(F)(F)F)N(C(=O)c2ccc(C#N)c(C)n2)C1. The van der Waals surface area contributed by atoms with Crippen molar-refractivity contribution in [1.29, 1.82) is 5.26 Å². The highest BCUT2D eigenvalue weighted by atomic mass is 19.4. The third-order valence-electron chi connectivity index (χ3n) is 4.05. The Bertz CT molecular complexity index is 727. The molecule has 1 aromatic rings. The summed E-state index contributed by atoms with van der Waals surface area (Å²) in [7, 11) is 0. The van der Waals surface area contributed by atoms with Crippen molar-refractivity contribution in [2.45, 2.75) is 44.9 Å². The minimum atomic E-state index is -4.57. The number of nitrogens with one attached hydrogen (secondary N) is 1. The topological polar surface area (TPSA) is 86.1 Å². The molecule has 0 bridgehead atoms. The molecule has 0 aromatic carbocycles. The van der Waals surface area contributed by atoms with E-state index in [1.54, 1.807) is 0 Å². The van der Waals surface area contributed by atoms with Gasteiger partial charge in [0.1, 0.15) is 17.8 Å². The molecule has 1 fully saturated rings. The minimum absolute atomic E-state index is 0.132. The van der Waals surface area contributed by atoms with Gasteiger partial charge in [-0.15, -0.1) is 0 Å². The number of alkyl halides is 3. The summed E-state index contributed by atoms with van der Waals surface area (Å²) in [6.07, 6.45) is -4.73. The summed E-state index contributed by atoms with van der Waals surface area (Å²) >= 11 is 0. The van der Waals surface area contributed by atoms with E-state index in [4.69, 9.17) is 5.26 Å². The number of aromatic nitrogens is 1. The molecule has 1 N–H and O–H groups in total. The molecule has 1 saturated heterocycles. The van der Waals surface area contributed by atoms with Crippen LogP contribution in [0, 0.1) is 18.3 Å². The first-order chi connectivity index (χ1) is 11.6. The van der Waals surface area contributed by atoms with Crippen LogP contribution in [0.2, 0.25) is 0 Å². The lowest BCUT2D eigenvalue weighted by Crippen LogP contribution is -2.58. The van der Waals surface area contributed by atoms with Gasteiger partial charge in [-0.05, 0) is 31.9 Å². The molecular formula is C16H17F3N4O2. The van der Waals surface area contributed by atoms with Gasteiger partial charge in [0.2, 0.25) is 5.91 Å². The van der Waals surface area contributed by atoms with Crippen molar-refractivity contribution in [1.82, 2.24) is 15.2 Å². The molecule has 0 spiro atoms. The average molecular weight is 354 g/mol. The molecule has 2 amide bonds. The van der Waals surface area contributed by atoms with Gasteiger partial charge in [-0.3, -0.25) is 9.59 Å². The Morgan fingerprint density at radius 2 is 2.04 bits per heavy atom. The first-order valence-electron chi connectivity index (χ1n) is 7.66. The summed E-state index contributed by atoms with van der Waals surface area (Å²) < 4.78 is 39.9. The quantitative estimate of drug-likeness (QED) is 0.879. The van der Waals surface area contributed by atoms with Crippen molar-refractivity contribution in [2.75, 3.05) is 6.54 Å². The van der Waals surface area contributed by atoms with Crippen LogP contribution in [0.4, 0.5) is 13.2 Å². The Morgan fingerprint density at radius 3 is 2.56 bits per heavy atom. The molecule has 0 aliphatic carbocycles. The van der Waals surface area contributed by atoms with Crippen LogP contribution in [-0.2, 0) is 4.79 Å². The highest BCUT2D eigenvalue weighted by molar-refractivity contribution is 5.93. The number of hydrogen-bond donors (Lipinski definition) is 1. The van der Waals surface area contributed by atoms with Gasteiger partial charge < -0.3 is 10.2 Å². The van der Waals surface area contributed by atoms with Crippen LogP contribution >= 0.6 is 0 Å². The predicted molar refractivity (Wildman–Crippen MR) is 81.4 cm³/mol. The van der Waals surface area contributed by atoms with Crippen LogP contribution in [0.3, 0.4) is 0 Å². The molecule has 0 radical (unpaired) electrons.